The van der Waals surface area contributed by atoms with E-state index < -0.39 is 5.63 Å². The normalized spacial score (nSPS) is 14.3. The van der Waals surface area contributed by atoms with Crippen LogP contribution in [0.1, 0.15) is 17.0 Å². The van der Waals surface area contributed by atoms with Gasteiger partial charge >= 0.3 is 5.63 Å². The largest absolute Gasteiger partial charge is 0.497 e. The SMILES string of the molecule is COc1ccc2c(=O)oc(C(=O)N3CCC3)cc2c1. The van der Waals surface area contributed by atoms with E-state index in [0.717, 1.165) is 19.5 Å². The molecule has 1 aromatic heterocycles. The lowest BCUT2D eigenvalue weighted by Crippen LogP contribution is -2.42. The smallest absolute Gasteiger partial charge is 0.344 e. The molecular formula is C14H13NO4. The molecule has 0 N–H and O–H groups in total. The first-order valence-electron chi connectivity index (χ1n) is 6.10. The van der Waals surface area contributed by atoms with Crippen LogP contribution in [0.5, 0.6) is 5.75 Å². The summed E-state index contributed by atoms with van der Waals surface area (Å²) in [6.07, 6.45) is 0.997. The fourth-order valence-electron chi connectivity index (χ4n) is 2.08. The summed E-state index contributed by atoms with van der Waals surface area (Å²) < 4.78 is 10.2. The van der Waals surface area contributed by atoms with Gasteiger partial charge in [0.2, 0.25) is 0 Å². The van der Waals surface area contributed by atoms with Crippen LogP contribution in [0, 0.1) is 0 Å². The average molecular weight is 259 g/mol. The summed E-state index contributed by atoms with van der Waals surface area (Å²) in [5.41, 5.74) is -0.496. The molecule has 0 atom stereocenters. The molecule has 0 aliphatic carbocycles. The second-order valence-electron chi connectivity index (χ2n) is 4.50. The average Bonchev–Trinajstić information content (AvgIpc) is 2.35. The molecule has 0 saturated carbocycles. The topological polar surface area (TPSA) is 59.8 Å². The van der Waals surface area contributed by atoms with Crippen molar-refractivity contribution in [2.24, 2.45) is 0 Å². The summed E-state index contributed by atoms with van der Waals surface area (Å²) in [6, 6.07) is 6.65. The third-order valence-electron chi connectivity index (χ3n) is 3.32. The maximum absolute atomic E-state index is 12.0. The van der Waals surface area contributed by atoms with Gasteiger partial charge in [-0.15, -0.1) is 0 Å². The third-order valence-corrected chi connectivity index (χ3v) is 3.32. The molecule has 0 unspecified atom stereocenters. The maximum Gasteiger partial charge on any atom is 0.344 e. The minimum atomic E-state index is -0.496. The minimum absolute atomic E-state index is 0.0884. The number of carbonyl (C=O) groups is 1. The minimum Gasteiger partial charge on any atom is -0.497 e. The number of nitrogens with zero attached hydrogens (tertiary/aromatic N) is 1. The van der Waals surface area contributed by atoms with Gasteiger partial charge in [-0.1, -0.05) is 0 Å². The lowest BCUT2D eigenvalue weighted by molar-refractivity contribution is 0.0614. The lowest BCUT2D eigenvalue weighted by Gasteiger charge is -2.30. The number of fused-ring (bicyclic) bond motifs is 1. The Morgan fingerprint density at radius 2 is 2.11 bits per heavy atom. The summed E-state index contributed by atoms with van der Waals surface area (Å²) in [4.78, 5) is 25.6. The van der Waals surface area contributed by atoms with Gasteiger partial charge in [-0.3, -0.25) is 4.79 Å². The lowest BCUT2D eigenvalue weighted by atomic mass is 10.1. The van der Waals surface area contributed by atoms with Crippen LogP contribution in [-0.2, 0) is 0 Å². The van der Waals surface area contributed by atoms with E-state index in [0.29, 0.717) is 16.5 Å². The molecule has 0 spiro atoms. The van der Waals surface area contributed by atoms with Crippen molar-refractivity contribution in [1.29, 1.82) is 0 Å². The first-order valence-corrected chi connectivity index (χ1v) is 6.10. The molecule has 0 radical (unpaired) electrons. The molecule has 3 rings (SSSR count). The first kappa shape index (κ1) is 11.8. The molecular weight excluding hydrogens is 246 g/mol. The van der Waals surface area contributed by atoms with Crippen molar-refractivity contribution in [1.82, 2.24) is 4.90 Å². The number of hydrogen-bond donors (Lipinski definition) is 0. The van der Waals surface area contributed by atoms with E-state index in [1.807, 2.05) is 0 Å². The molecule has 2 aromatic rings. The highest BCUT2D eigenvalue weighted by atomic mass is 16.5. The number of rotatable bonds is 2. The van der Waals surface area contributed by atoms with Crippen LogP contribution >= 0.6 is 0 Å². The zero-order valence-electron chi connectivity index (χ0n) is 10.5. The summed E-state index contributed by atoms with van der Waals surface area (Å²) in [6.45, 7) is 1.44. The van der Waals surface area contributed by atoms with Crippen LogP contribution in [0.15, 0.2) is 33.5 Å². The van der Waals surface area contributed by atoms with E-state index in [4.69, 9.17) is 9.15 Å². The Bertz CT molecular complexity index is 700. The van der Waals surface area contributed by atoms with Crippen LogP contribution in [-0.4, -0.2) is 31.0 Å². The number of amides is 1. The highest BCUT2D eigenvalue weighted by Gasteiger charge is 2.24. The van der Waals surface area contributed by atoms with Gasteiger partial charge in [0.1, 0.15) is 5.75 Å². The van der Waals surface area contributed by atoms with Gasteiger partial charge in [0.05, 0.1) is 12.5 Å². The van der Waals surface area contributed by atoms with Crippen molar-refractivity contribution >= 4 is 16.7 Å². The summed E-state index contributed by atoms with van der Waals surface area (Å²) in [7, 11) is 1.55. The molecule has 98 valence electrons. The number of benzene rings is 1. The fraction of sp³-hybridized carbons (Fsp3) is 0.286. The van der Waals surface area contributed by atoms with E-state index in [9.17, 15) is 9.59 Å². The van der Waals surface area contributed by atoms with Crippen LogP contribution < -0.4 is 10.4 Å². The van der Waals surface area contributed by atoms with Gasteiger partial charge in [0.15, 0.2) is 5.76 Å². The number of carbonyl (C=O) groups excluding carboxylic acids is 1. The van der Waals surface area contributed by atoms with Crippen molar-refractivity contribution in [3.05, 3.63) is 40.4 Å². The Balaban J connectivity index is 2.11. The van der Waals surface area contributed by atoms with Crippen molar-refractivity contribution in [2.75, 3.05) is 20.2 Å². The number of likely N-dealkylation sites (tertiary alicyclic amines) is 1. The summed E-state index contributed by atoms with van der Waals surface area (Å²) in [5, 5.41) is 1.10. The van der Waals surface area contributed by atoms with Gasteiger partial charge in [0.25, 0.3) is 5.91 Å². The predicted molar refractivity (Wildman–Crippen MR) is 69.6 cm³/mol. The van der Waals surface area contributed by atoms with Gasteiger partial charge in [0, 0.05) is 13.1 Å². The standard InChI is InChI=1S/C14H13NO4/c1-18-10-3-4-11-9(7-10)8-12(19-14(11)17)13(16)15-5-2-6-15/h3-4,7-8H,2,5-6H2,1H3. The first-order chi connectivity index (χ1) is 9.19. The van der Waals surface area contributed by atoms with Crippen LogP contribution in [0.4, 0.5) is 0 Å². The number of hydrogen-bond acceptors (Lipinski definition) is 4. The fourth-order valence-corrected chi connectivity index (χ4v) is 2.08. The van der Waals surface area contributed by atoms with Crippen molar-refractivity contribution in [3.63, 3.8) is 0 Å². The molecule has 1 aromatic carbocycles. The van der Waals surface area contributed by atoms with E-state index >= 15 is 0 Å². The molecule has 1 saturated heterocycles. The maximum atomic E-state index is 12.0. The summed E-state index contributed by atoms with van der Waals surface area (Å²) >= 11 is 0. The Labute approximate surface area is 109 Å². The number of methoxy groups -OCH3 is 1. The number of ether oxygens (including phenoxy) is 1. The molecule has 19 heavy (non-hydrogen) atoms. The van der Waals surface area contributed by atoms with E-state index in [-0.39, 0.29) is 11.7 Å². The molecule has 5 nitrogen and oxygen atoms in total. The molecule has 1 aliphatic heterocycles. The van der Waals surface area contributed by atoms with Crippen LogP contribution in [0.2, 0.25) is 0 Å². The van der Waals surface area contributed by atoms with Crippen LogP contribution in [0.3, 0.4) is 0 Å². The van der Waals surface area contributed by atoms with E-state index in [1.54, 1.807) is 36.3 Å². The Hall–Kier alpha value is -2.30. The van der Waals surface area contributed by atoms with Crippen molar-refractivity contribution < 1.29 is 13.9 Å². The zero-order chi connectivity index (χ0) is 13.4. The Kier molecular flexibility index (Phi) is 2.74. The molecule has 1 fully saturated rings. The second-order valence-corrected chi connectivity index (χ2v) is 4.50. The van der Waals surface area contributed by atoms with Crippen molar-refractivity contribution in [2.45, 2.75) is 6.42 Å². The molecule has 1 aliphatic rings. The summed E-state index contributed by atoms with van der Waals surface area (Å²) in [5.74, 6) is 0.499. The van der Waals surface area contributed by atoms with Gasteiger partial charge in [-0.05, 0) is 36.1 Å². The molecule has 2 heterocycles. The predicted octanol–water partition coefficient (Wildman–Crippen LogP) is 1.65. The molecule has 1 amide bonds. The second kappa shape index (κ2) is 4.42. The Morgan fingerprint density at radius 1 is 1.32 bits per heavy atom. The Morgan fingerprint density at radius 3 is 2.74 bits per heavy atom. The van der Waals surface area contributed by atoms with E-state index in [2.05, 4.69) is 0 Å². The molecule has 5 heteroatoms. The molecule has 0 bridgehead atoms. The van der Waals surface area contributed by atoms with Gasteiger partial charge < -0.3 is 14.1 Å². The highest BCUT2D eigenvalue weighted by molar-refractivity contribution is 5.95. The zero-order valence-corrected chi connectivity index (χ0v) is 10.5. The van der Waals surface area contributed by atoms with E-state index in [1.165, 1.54) is 0 Å². The van der Waals surface area contributed by atoms with Gasteiger partial charge in [-0.25, -0.2) is 4.79 Å². The highest BCUT2D eigenvalue weighted by Crippen LogP contribution is 2.20. The monoisotopic (exact) mass is 259 g/mol. The van der Waals surface area contributed by atoms with Crippen LogP contribution in [0.25, 0.3) is 10.8 Å². The van der Waals surface area contributed by atoms with Gasteiger partial charge in [-0.2, -0.15) is 0 Å². The quantitative estimate of drug-likeness (QED) is 0.822. The third kappa shape index (κ3) is 1.97. The van der Waals surface area contributed by atoms with Crippen molar-refractivity contribution in [3.8, 4) is 5.75 Å².